The number of primary amides is 1. The van der Waals surface area contributed by atoms with E-state index in [0.29, 0.717) is 37.5 Å². The molecule has 1 aromatic heterocycles. The van der Waals surface area contributed by atoms with Crippen molar-refractivity contribution in [2.45, 2.75) is 70.8 Å². The van der Waals surface area contributed by atoms with Gasteiger partial charge in [0.05, 0.1) is 11.3 Å². The molecule has 2 amide bonds. The zero-order valence-corrected chi connectivity index (χ0v) is 20.2. The number of piperidine rings is 2. The number of rotatable bonds is 6. The summed E-state index contributed by atoms with van der Waals surface area (Å²) in [5, 5.41) is 0. The molecule has 2 saturated heterocycles. The van der Waals surface area contributed by atoms with Crippen molar-refractivity contribution in [2.24, 2.45) is 17.6 Å². The highest BCUT2D eigenvalue weighted by molar-refractivity contribution is 5.98. The van der Waals surface area contributed by atoms with E-state index in [9.17, 15) is 22.8 Å². The van der Waals surface area contributed by atoms with Crippen LogP contribution in [0.5, 0.6) is 0 Å². The van der Waals surface area contributed by atoms with Crippen molar-refractivity contribution in [3.05, 3.63) is 23.8 Å². The number of hydrogen-bond acceptors (Lipinski definition) is 5. The Kier molecular flexibility index (Phi) is 7.98. The maximum atomic E-state index is 14.5. The average Bonchev–Trinajstić information content (AvgIpc) is 2.73. The minimum absolute atomic E-state index is 0.000234. The lowest BCUT2D eigenvalue weighted by atomic mass is 9.85. The number of pyridine rings is 1. The van der Waals surface area contributed by atoms with Crippen LogP contribution in [-0.4, -0.2) is 59.6 Å². The van der Waals surface area contributed by atoms with Crippen molar-refractivity contribution in [1.29, 1.82) is 0 Å². The molecule has 0 radical (unpaired) electrons. The van der Waals surface area contributed by atoms with Crippen molar-refractivity contribution < 1.29 is 27.5 Å². The number of carbonyl (C=O) groups is 2. The molecule has 0 spiro atoms. The summed E-state index contributed by atoms with van der Waals surface area (Å²) < 4.78 is 48.0. The van der Waals surface area contributed by atoms with Crippen LogP contribution >= 0.6 is 0 Å². The van der Waals surface area contributed by atoms with Crippen molar-refractivity contribution >= 4 is 17.7 Å². The van der Waals surface area contributed by atoms with Crippen LogP contribution in [0.25, 0.3) is 0 Å². The molecule has 1 atom stereocenters. The highest BCUT2D eigenvalue weighted by atomic mass is 19.3. The first kappa shape index (κ1) is 26.1. The molecule has 1 aromatic rings. The highest BCUT2D eigenvalue weighted by Gasteiger charge is 2.45. The summed E-state index contributed by atoms with van der Waals surface area (Å²) in [5.41, 5.74) is 5.36. The molecule has 0 aromatic carbocycles. The molecule has 2 N–H and O–H groups in total. The molecule has 0 aliphatic carbocycles. The third-order valence-corrected chi connectivity index (χ3v) is 6.64. The Hall–Kier alpha value is -2.52. The van der Waals surface area contributed by atoms with Crippen LogP contribution in [0.15, 0.2) is 12.3 Å². The summed E-state index contributed by atoms with van der Waals surface area (Å²) in [7, 11) is 0. The van der Waals surface area contributed by atoms with Gasteiger partial charge in [0.2, 0.25) is 5.95 Å². The maximum Gasteiger partial charge on any atom is 0.410 e. The van der Waals surface area contributed by atoms with Crippen LogP contribution < -0.4 is 10.6 Å². The summed E-state index contributed by atoms with van der Waals surface area (Å²) in [6.45, 7) is 6.52. The number of hydrogen-bond donors (Lipinski definition) is 1. The number of nitrogens with zero attached hydrogens (tertiary/aromatic N) is 3. The summed E-state index contributed by atoms with van der Waals surface area (Å²) in [4.78, 5) is 30.8. The van der Waals surface area contributed by atoms with E-state index in [1.54, 1.807) is 20.8 Å². The number of nitrogens with two attached hydrogens (primary N) is 1. The zero-order chi connectivity index (χ0) is 25.1. The minimum atomic E-state index is -2.79. The second-order valence-electron chi connectivity index (χ2n) is 10.4. The lowest BCUT2D eigenvalue weighted by Crippen LogP contribution is -2.50. The number of aromatic nitrogens is 1. The van der Waals surface area contributed by atoms with Crippen LogP contribution in [0.1, 0.15) is 69.7 Å². The van der Waals surface area contributed by atoms with E-state index in [1.165, 1.54) is 11.0 Å². The largest absolute Gasteiger partial charge is 0.444 e. The van der Waals surface area contributed by atoms with Gasteiger partial charge in [-0.05, 0) is 46.0 Å². The molecule has 10 heteroatoms. The monoisotopic (exact) mass is 484 g/mol. The SMILES string of the molecule is CC(C)(C)OC(=O)N1CCC(F)(F)C(CCCC2CCN(c3cc(F)ncc3C(N)=O)CC2)C1. The second kappa shape index (κ2) is 10.4. The molecule has 7 nitrogen and oxygen atoms in total. The van der Waals surface area contributed by atoms with Crippen LogP contribution in [0.2, 0.25) is 0 Å². The summed E-state index contributed by atoms with van der Waals surface area (Å²) in [6.07, 6.45) is 3.69. The standard InChI is InChI=1S/C24H35F3N4O3/c1-23(2,3)34-22(33)31-12-9-24(26,27)17(15-31)6-4-5-16-7-10-30(11-8-16)19-13-20(25)29-14-18(19)21(28)32/h13-14,16-17H,4-12,15H2,1-3H3,(H2,28,32). The predicted molar refractivity (Wildman–Crippen MR) is 122 cm³/mol. The lowest BCUT2D eigenvalue weighted by Gasteiger charge is -2.39. The van der Waals surface area contributed by atoms with Crippen LogP contribution in [-0.2, 0) is 4.74 Å². The van der Waals surface area contributed by atoms with Crippen LogP contribution in [0.3, 0.4) is 0 Å². The number of likely N-dealkylation sites (tertiary alicyclic amines) is 1. The molecule has 190 valence electrons. The molecule has 3 heterocycles. The van der Waals surface area contributed by atoms with E-state index in [0.717, 1.165) is 25.5 Å². The van der Waals surface area contributed by atoms with Gasteiger partial charge in [-0.1, -0.05) is 12.8 Å². The molecule has 3 rings (SSSR count). The van der Waals surface area contributed by atoms with E-state index >= 15 is 0 Å². The number of amides is 2. The van der Waals surface area contributed by atoms with E-state index < -0.39 is 35.4 Å². The Morgan fingerprint density at radius 1 is 1.21 bits per heavy atom. The number of anilines is 1. The third kappa shape index (κ3) is 6.76. The summed E-state index contributed by atoms with van der Waals surface area (Å²) in [6, 6.07) is 1.22. The van der Waals surface area contributed by atoms with Crippen molar-refractivity contribution in [3.63, 3.8) is 0 Å². The fourth-order valence-corrected chi connectivity index (χ4v) is 4.76. The predicted octanol–water partition coefficient (Wildman–Crippen LogP) is 4.60. The van der Waals surface area contributed by atoms with Crippen LogP contribution in [0.4, 0.5) is 23.7 Å². The Labute approximate surface area is 198 Å². The van der Waals surface area contributed by atoms with Crippen molar-refractivity contribution in [1.82, 2.24) is 9.88 Å². The van der Waals surface area contributed by atoms with Gasteiger partial charge in [-0.25, -0.2) is 18.6 Å². The number of halogens is 3. The molecule has 2 aliphatic heterocycles. The molecule has 0 saturated carbocycles. The summed E-state index contributed by atoms with van der Waals surface area (Å²) in [5.74, 6) is -4.64. The van der Waals surface area contributed by atoms with Crippen molar-refractivity contribution in [2.75, 3.05) is 31.1 Å². The molecule has 2 aliphatic rings. The maximum absolute atomic E-state index is 14.5. The van der Waals surface area contributed by atoms with Gasteiger partial charge in [0.15, 0.2) is 0 Å². The average molecular weight is 485 g/mol. The van der Waals surface area contributed by atoms with E-state index in [-0.39, 0.29) is 25.1 Å². The lowest BCUT2D eigenvalue weighted by molar-refractivity contribution is -0.108. The molecule has 0 bridgehead atoms. The minimum Gasteiger partial charge on any atom is -0.444 e. The molecule has 34 heavy (non-hydrogen) atoms. The Bertz CT molecular complexity index is 883. The van der Waals surface area contributed by atoms with Gasteiger partial charge in [0.25, 0.3) is 11.8 Å². The molecule has 1 unspecified atom stereocenters. The fourth-order valence-electron chi connectivity index (χ4n) is 4.76. The fraction of sp³-hybridized carbons (Fsp3) is 0.708. The van der Waals surface area contributed by atoms with Gasteiger partial charge in [-0.2, -0.15) is 4.39 Å². The Balaban J connectivity index is 1.49. The normalized spacial score (nSPS) is 21.4. The Morgan fingerprint density at radius 2 is 1.88 bits per heavy atom. The number of ether oxygens (including phenoxy) is 1. The molecule has 2 fully saturated rings. The second-order valence-corrected chi connectivity index (χ2v) is 10.4. The van der Waals surface area contributed by atoms with Gasteiger partial charge in [-0.15, -0.1) is 0 Å². The first-order valence-electron chi connectivity index (χ1n) is 11.9. The molecular formula is C24H35F3N4O3. The van der Waals surface area contributed by atoms with E-state index in [2.05, 4.69) is 4.98 Å². The first-order chi connectivity index (χ1) is 15.9. The summed E-state index contributed by atoms with van der Waals surface area (Å²) >= 11 is 0. The van der Waals surface area contributed by atoms with E-state index in [1.807, 2.05) is 4.90 Å². The third-order valence-electron chi connectivity index (χ3n) is 6.64. The topological polar surface area (TPSA) is 88.8 Å². The Morgan fingerprint density at radius 3 is 2.50 bits per heavy atom. The quantitative estimate of drug-likeness (QED) is 0.597. The van der Waals surface area contributed by atoms with Gasteiger partial charge in [0, 0.05) is 50.8 Å². The van der Waals surface area contributed by atoms with Crippen LogP contribution in [0, 0.1) is 17.8 Å². The van der Waals surface area contributed by atoms with Gasteiger partial charge < -0.3 is 20.3 Å². The number of carbonyl (C=O) groups excluding carboxylic acids is 2. The smallest absolute Gasteiger partial charge is 0.410 e. The molecular weight excluding hydrogens is 449 g/mol. The van der Waals surface area contributed by atoms with E-state index in [4.69, 9.17) is 10.5 Å². The first-order valence-corrected chi connectivity index (χ1v) is 11.9. The van der Waals surface area contributed by atoms with Gasteiger partial charge in [0.1, 0.15) is 5.60 Å². The van der Waals surface area contributed by atoms with Crippen molar-refractivity contribution in [3.8, 4) is 0 Å². The van der Waals surface area contributed by atoms with Gasteiger partial charge >= 0.3 is 6.09 Å². The zero-order valence-electron chi connectivity index (χ0n) is 20.2. The van der Waals surface area contributed by atoms with Gasteiger partial charge in [-0.3, -0.25) is 4.79 Å². The highest BCUT2D eigenvalue weighted by Crippen LogP contribution is 2.38. The number of alkyl halides is 2.